The lowest BCUT2D eigenvalue weighted by Crippen LogP contribution is -2.29. The minimum atomic E-state index is -0.315. The lowest BCUT2D eigenvalue weighted by atomic mass is 10.3. The van der Waals surface area contributed by atoms with E-state index in [0.29, 0.717) is 18.7 Å². The average Bonchev–Trinajstić information content (AvgIpc) is 2.88. The Balaban J connectivity index is 1.99. The zero-order valence-corrected chi connectivity index (χ0v) is 12.3. The summed E-state index contributed by atoms with van der Waals surface area (Å²) in [5.41, 5.74) is 1.49. The van der Waals surface area contributed by atoms with Crippen LogP contribution in [0.1, 0.15) is 6.42 Å². The topological polar surface area (TPSA) is 79.2 Å². The maximum atomic E-state index is 11.5. The third kappa shape index (κ3) is 3.82. The Labute approximate surface area is 124 Å². The molecular formula is C13H15BrN4O2. The largest absolute Gasteiger partial charge is 0.396 e. The predicted octanol–water partition coefficient (Wildman–Crippen LogP) is 2.14. The molecular weight excluding hydrogens is 324 g/mol. The second kappa shape index (κ2) is 7.06. The van der Waals surface area contributed by atoms with Crippen LogP contribution in [0.25, 0.3) is 5.69 Å². The fraction of sp³-hybridized carbons (Fsp3) is 0.231. The summed E-state index contributed by atoms with van der Waals surface area (Å²) in [6.07, 6.45) is 3.83. The SMILES string of the molecule is O=C(NCCCO)Nc1cnn(-c2ccccc2Br)c1. The molecule has 3 N–H and O–H groups in total. The molecule has 0 aliphatic carbocycles. The normalized spacial score (nSPS) is 10.3. The van der Waals surface area contributed by atoms with Gasteiger partial charge in [-0.2, -0.15) is 5.10 Å². The van der Waals surface area contributed by atoms with E-state index in [-0.39, 0.29) is 12.6 Å². The highest BCUT2D eigenvalue weighted by molar-refractivity contribution is 9.10. The number of nitrogens with one attached hydrogen (secondary N) is 2. The Kier molecular flexibility index (Phi) is 5.14. The Morgan fingerprint density at radius 2 is 2.20 bits per heavy atom. The summed E-state index contributed by atoms with van der Waals surface area (Å²) in [6, 6.07) is 7.36. The van der Waals surface area contributed by atoms with Gasteiger partial charge in [0.15, 0.2) is 0 Å². The van der Waals surface area contributed by atoms with Crippen molar-refractivity contribution in [1.82, 2.24) is 15.1 Å². The van der Waals surface area contributed by atoms with E-state index in [0.717, 1.165) is 10.2 Å². The smallest absolute Gasteiger partial charge is 0.319 e. The van der Waals surface area contributed by atoms with Crippen molar-refractivity contribution in [3.8, 4) is 5.69 Å². The van der Waals surface area contributed by atoms with Crippen molar-refractivity contribution in [1.29, 1.82) is 0 Å². The number of hydrogen-bond acceptors (Lipinski definition) is 3. The summed E-state index contributed by atoms with van der Waals surface area (Å²) in [7, 11) is 0. The van der Waals surface area contributed by atoms with Gasteiger partial charge in [-0.3, -0.25) is 0 Å². The number of carbonyl (C=O) groups is 1. The molecule has 20 heavy (non-hydrogen) atoms. The summed E-state index contributed by atoms with van der Waals surface area (Å²) >= 11 is 3.45. The molecule has 1 heterocycles. The molecule has 106 valence electrons. The highest BCUT2D eigenvalue weighted by Crippen LogP contribution is 2.20. The standard InChI is InChI=1S/C13H15BrN4O2/c14-11-4-1-2-5-12(11)18-9-10(8-16-18)17-13(20)15-6-3-7-19/h1-2,4-5,8-9,19H,3,6-7H2,(H2,15,17,20). The number of hydrogen-bond donors (Lipinski definition) is 3. The molecule has 1 aromatic heterocycles. The quantitative estimate of drug-likeness (QED) is 0.730. The number of aromatic nitrogens is 2. The van der Waals surface area contributed by atoms with Crippen molar-refractivity contribution in [3.05, 3.63) is 41.1 Å². The maximum absolute atomic E-state index is 11.5. The molecule has 2 aromatic rings. The number of carbonyl (C=O) groups excluding carboxylic acids is 1. The number of benzene rings is 1. The Bertz CT molecular complexity index is 585. The molecule has 2 amide bonds. The fourth-order valence-corrected chi connectivity index (χ4v) is 2.08. The van der Waals surface area contributed by atoms with Crippen molar-refractivity contribution in [2.24, 2.45) is 0 Å². The van der Waals surface area contributed by atoms with Crippen LogP contribution in [0.3, 0.4) is 0 Å². The van der Waals surface area contributed by atoms with Crippen LogP contribution in [0.2, 0.25) is 0 Å². The molecule has 7 heteroatoms. The second-order valence-electron chi connectivity index (χ2n) is 4.08. The van der Waals surface area contributed by atoms with Crippen molar-refractivity contribution in [2.45, 2.75) is 6.42 Å². The molecule has 0 radical (unpaired) electrons. The van der Waals surface area contributed by atoms with Crippen LogP contribution in [0.4, 0.5) is 10.5 Å². The summed E-state index contributed by atoms with van der Waals surface area (Å²) in [5, 5.41) is 18.2. The van der Waals surface area contributed by atoms with E-state index in [2.05, 4.69) is 31.7 Å². The zero-order valence-electron chi connectivity index (χ0n) is 10.7. The first-order chi connectivity index (χ1) is 9.70. The van der Waals surface area contributed by atoms with Crippen molar-refractivity contribution in [3.63, 3.8) is 0 Å². The van der Waals surface area contributed by atoms with Crippen molar-refractivity contribution >= 4 is 27.6 Å². The molecule has 0 spiro atoms. The third-order valence-electron chi connectivity index (χ3n) is 2.56. The van der Waals surface area contributed by atoms with Crippen LogP contribution < -0.4 is 10.6 Å². The minimum absolute atomic E-state index is 0.0558. The van der Waals surface area contributed by atoms with Gasteiger partial charge in [-0.1, -0.05) is 12.1 Å². The minimum Gasteiger partial charge on any atom is -0.396 e. The van der Waals surface area contributed by atoms with Gasteiger partial charge < -0.3 is 15.7 Å². The highest BCUT2D eigenvalue weighted by Gasteiger charge is 2.06. The lowest BCUT2D eigenvalue weighted by molar-refractivity contribution is 0.249. The molecule has 0 fully saturated rings. The van der Waals surface area contributed by atoms with Gasteiger partial charge >= 0.3 is 6.03 Å². The van der Waals surface area contributed by atoms with Crippen molar-refractivity contribution < 1.29 is 9.90 Å². The van der Waals surface area contributed by atoms with Gasteiger partial charge in [-0.15, -0.1) is 0 Å². The van der Waals surface area contributed by atoms with E-state index in [1.165, 1.54) is 0 Å². The summed E-state index contributed by atoms with van der Waals surface area (Å²) < 4.78 is 2.59. The van der Waals surface area contributed by atoms with Crippen LogP contribution in [0.5, 0.6) is 0 Å². The Morgan fingerprint density at radius 3 is 2.95 bits per heavy atom. The first-order valence-electron chi connectivity index (χ1n) is 6.16. The van der Waals surface area contributed by atoms with Crippen molar-refractivity contribution in [2.75, 3.05) is 18.5 Å². The van der Waals surface area contributed by atoms with Gasteiger partial charge in [0, 0.05) is 17.6 Å². The van der Waals surface area contributed by atoms with Gasteiger partial charge in [-0.25, -0.2) is 9.48 Å². The van der Waals surface area contributed by atoms with E-state index < -0.39 is 0 Å². The molecule has 0 atom stereocenters. The number of urea groups is 1. The molecule has 0 saturated heterocycles. The van der Waals surface area contributed by atoms with E-state index in [9.17, 15) is 4.79 Å². The Hall–Kier alpha value is -1.86. The number of aliphatic hydroxyl groups is 1. The maximum Gasteiger partial charge on any atom is 0.319 e. The number of nitrogens with zero attached hydrogens (tertiary/aromatic N) is 2. The van der Waals surface area contributed by atoms with Crippen LogP contribution in [0.15, 0.2) is 41.1 Å². The summed E-state index contributed by atoms with van der Waals surface area (Å²) in [6.45, 7) is 0.487. The molecule has 6 nitrogen and oxygen atoms in total. The van der Waals surface area contributed by atoms with Crippen LogP contribution in [0, 0.1) is 0 Å². The van der Waals surface area contributed by atoms with E-state index in [1.54, 1.807) is 17.1 Å². The van der Waals surface area contributed by atoms with Gasteiger partial charge in [-0.05, 0) is 34.5 Å². The molecule has 0 bridgehead atoms. The van der Waals surface area contributed by atoms with Gasteiger partial charge in [0.25, 0.3) is 0 Å². The molecule has 2 rings (SSSR count). The predicted molar refractivity (Wildman–Crippen MR) is 80.0 cm³/mol. The molecule has 0 saturated carbocycles. The molecule has 0 aliphatic heterocycles. The number of amides is 2. The Morgan fingerprint density at radius 1 is 1.40 bits per heavy atom. The average molecular weight is 339 g/mol. The van der Waals surface area contributed by atoms with Gasteiger partial charge in [0.1, 0.15) is 0 Å². The number of anilines is 1. The molecule has 0 aliphatic rings. The summed E-state index contributed by atoms with van der Waals surface area (Å²) in [4.78, 5) is 11.5. The van der Waals surface area contributed by atoms with E-state index in [4.69, 9.17) is 5.11 Å². The van der Waals surface area contributed by atoms with E-state index in [1.807, 2.05) is 24.3 Å². The van der Waals surface area contributed by atoms with Crippen LogP contribution >= 0.6 is 15.9 Å². The highest BCUT2D eigenvalue weighted by atomic mass is 79.9. The fourth-order valence-electron chi connectivity index (χ4n) is 1.61. The first kappa shape index (κ1) is 14.5. The number of para-hydroxylation sites is 1. The number of halogens is 1. The van der Waals surface area contributed by atoms with Crippen LogP contribution in [-0.2, 0) is 0 Å². The molecule has 1 aromatic carbocycles. The number of rotatable bonds is 5. The van der Waals surface area contributed by atoms with Gasteiger partial charge in [0.2, 0.25) is 0 Å². The monoisotopic (exact) mass is 338 g/mol. The number of aliphatic hydroxyl groups excluding tert-OH is 1. The summed E-state index contributed by atoms with van der Waals surface area (Å²) in [5.74, 6) is 0. The zero-order chi connectivity index (χ0) is 14.4. The van der Waals surface area contributed by atoms with Gasteiger partial charge in [0.05, 0.1) is 23.8 Å². The van der Waals surface area contributed by atoms with Crippen LogP contribution in [-0.4, -0.2) is 34.1 Å². The lowest BCUT2D eigenvalue weighted by Gasteiger charge is -2.05. The van der Waals surface area contributed by atoms with E-state index >= 15 is 0 Å². The second-order valence-corrected chi connectivity index (χ2v) is 4.94. The third-order valence-corrected chi connectivity index (χ3v) is 3.23. The first-order valence-corrected chi connectivity index (χ1v) is 6.95. The molecule has 0 unspecified atom stereocenters.